The molecule has 0 saturated carbocycles. The van der Waals surface area contributed by atoms with Crippen molar-refractivity contribution in [1.82, 2.24) is 5.32 Å². The SMILES string of the molecule is CC(C)C(CNC(=O)Nc1ccc(C#N)cc1F)C(=O)O. The van der Waals surface area contributed by atoms with Crippen LogP contribution in [0.3, 0.4) is 0 Å². The molecule has 1 atom stereocenters. The molecule has 112 valence electrons. The van der Waals surface area contributed by atoms with Crippen LogP contribution in [0, 0.1) is 29.0 Å². The molecule has 0 radical (unpaired) electrons. The van der Waals surface area contributed by atoms with Crippen molar-refractivity contribution in [2.75, 3.05) is 11.9 Å². The van der Waals surface area contributed by atoms with Gasteiger partial charge >= 0.3 is 12.0 Å². The van der Waals surface area contributed by atoms with Crippen LogP contribution in [-0.2, 0) is 4.79 Å². The predicted molar refractivity (Wildman–Crippen MR) is 74.1 cm³/mol. The third kappa shape index (κ3) is 4.76. The maximum absolute atomic E-state index is 13.6. The van der Waals surface area contributed by atoms with Gasteiger partial charge in [-0.2, -0.15) is 5.26 Å². The Labute approximate surface area is 121 Å². The summed E-state index contributed by atoms with van der Waals surface area (Å²) in [6.45, 7) is 3.41. The topological polar surface area (TPSA) is 102 Å². The zero-order chi connectivity index (χ0) is 16.0. The van der Waals surface area contributed by atoms with Crippen LogP contribution < -0.4 is 10.6 Å². The minimum Gasteiger partial charge on any atom is -0.481 e. The van der Waals surface area contributed by atoms with E-state index < -0.39 is 23.7 Å². The van der Waals surface area contributed by atoms with E-state index >= 15 is 0 Å². The second kappa shape index (κ2) is 7.24. The van der Waals surface area contributed by atoms with Gasteiger partial charge in [0.2, 0.25) is 0 Å². The van der Waals surface area contributed by atoms with Gasteiger partial charge in [-0.05, 0) is 24.1 Å². The van der Waals surface area contributed by atoms with Crippen LogP contribution >= 0.6 is 0 Å². The first kappa shape index (κ1) is 16.4. The normalized spacial score (nSPS) is 11.6. The number of urea groups is 1. The molecule has 7 heteroatoms. The van der Waals surface area contributed by atoms with Gasteiger partial charge in [-0.3, -0.25) is 4.79 Å². The maximum atomic E-state index is 13.6. The molecule has 21 heavy (non-hydrogen) atoms. The molecule has 0 heterocycles. The fourth-order valence-electron chi connectivity index (χ4n) is 1.66. The standard InChI is InChI=1S/C14H16FN3O3/c1-8(2)10(13(19)20)7-17-14(21)18-12-4-3-9(6-16)5-11(12)15/h3-5,8,10H,7H2,1-2H3,(H,19,20)(H2,17,18,21). The van der Waals surface area contributed by atoms with E-state index in [1.165, 1.54) is 12.1 Å². The quantitative estimate of drug-likeness (QED) is 0.774. The number of halogens is 1. The lowest BCUT2D eigenvalue weighted by Gasteiger charge is -2.17. The van der Waals surface area contributed by atoms with Crippen LogP contribution in [0.25, 0.3) is 0 Å². The van der Waals surface area contributed by atoms with E-state index in [4.69, 9.17) is 10.4 Å². The van der Waals surface area contributed by atoms with E-state index in [-0.39, 0.29) is 23.7 Å². The summed E-state index contributed by atoms with van der Waals surface area (Å²) in [7, 11) is 0. The molecule has 3 N–H and O–H groups in total. The lowest BCUT2D eigenvalue weighted by Crippen LogP contribution is -2.37. The first-order chi connectivity index (χ1) is 9.85. The minimum absolute atomic E-state index is 0.0588. The molecule has 1 aromatic rings. The second-order valence-electron chi connectivity index (χ2n) is 4.83. The van der Waals surface area contributed by atoms with Gasteiger partial charge in [0.25, 0.3) is 0 Å². The molecule has 0 aromatic heterocycles. The molecular weight excluding hydrogens is 277 g/mol. The number of amides is 2. The first-order valence-electron chi connectivity index (χ1n) is 6.32. The number of nitrogens with zero attached hydrogens (tertiary/aromatic N) is 1. The van der Waals surface area contributed by atoms with Crippen LogP contribution in [0.1, 0.15) is 19.4 Å². The molecule has 6 nitrogen and oxygen atoms in total. The average molecular weight is 293 g/mol. The second-order valence-corrected chi connectivity index (χ2v) is 4.83. The van der Waals surface area contributed by atoms with Crippen molar-refractivity contribution in [2.45, 2.75) is 13.8 Å². The zero-order valence-corrected chi connectivity index (χ0v) is 11.7. The van der Waals surface area contributed by atoms with Crippen LogP contribution in [0.15, 0.2) is 18.2 Å². The molecule has 0 saturated heterocycles. The van der Waals surface area contributed by atoms with Crippen LogP contribution in [0.4, 0.5) is 14.9 Å². The molecule has 0 fully saturated rings. The van der Waals surface area contributed by atoms with E-state index in [1.807, 2.05) is 0 Å². The van der Waals surface area contributed by atoms with Gasteiger partial charge in [-0.1, -0.05) is 13.8 Å². The summed E-state index contributed by atoms with van der Waals surface area (Å²) in [5, 5.41) is 22.3. The molecule has 0 aliphatic carbocycles. The number of carbonyl (C=O) groups excluding carboxylic acids is 1. The van der Waals surface area contributed by atoms with Gasteiger partial charge in [0.1, 0.15) is 5.82 Å². The van der Waals surface area contributed by atoms with E-state index in [1.54, 1.807) is 19.9 Å². The maximum Gasteiger partial charge on any atom is 0.319 e. The molecule has 2 amide bonds. The Morgan fingerprint density at radius 1 is 1.43 bits per heavy atom. The largest absolute Gasteiger partial charge is 0.481 e. The third-order valence-corrected chi connectivity index (χ3v) is 2.95. The van der Waals surface area contributed by atoms with Crippen LogP contribution in [-0.4, -0.2) is 23.7 Å². The van der Waals surface area contributed by atoms with Crippen LogP contribution in [0.5, 0.6) is 0 Å². The number of nitrogens with one attached hydrogen (secondary N) is 2. The lowest BCUT2D eigenvalue weighted by molar-refractivity contribution is -0.142. The van der Waals surface area contributed by atoms with Crippen molar-refractivity contribution in [3.05, 3.63) is 29.6 Å². The smallest absolute Gasteiger partial charge is 0.319 e. The van der Waals surface area contributed by atoms with E-state index in [9.17, 15) is 14.0 Å². The molecule has 0 aliphatic heterocycles. The summed E-state index contributed by atoms with van der Waals surface area (Å²) >= 11 is 0. The molecule has 0 spiro atoms. The van der Waals surface area contributed by atoms with Gasteiger partial charge in [-0.15, -0.1) is 0 Å². The number of carbonyl (C=O) groups is 2. The summed E-state index contributed by atoms with van der Waals surface area (Å²) in [5.41, 5.74) is 0.0622. The molecule has 0 bridgehead atoms. The molecular formula is C14H16FN3O3. The molecule has 1 unspecified atom stereocenters. The number of anilines is 1. The Morgan fingerprint density at radius 3 is 2.57 bits per heavy atom. The van der Waals surface area contributed by atoms with Gasteiger partial charge in [-0.25, -0.2) is 9.18 Å². The summed E-state index contributed by atoms with van der Waals surface area (Å²) in [4.78, 5) is 22.6. The Kier molecular flexibility index (Phi) is 5.67. The highest BCUT2D eigenvalue weighted by atomic mass is 19.1. The van der Waals surface area contributed by atoms with Crippen molar-refractivity contribution in [3.8, 4) is 6.07 Å². The fourth-order valence-corrected chi connectivity index (χ4v) is 1.66. The van der Waals surface area contributed by atoms with Crippen molar-refractivity contribution >= 4 is 17.7 Å². The molecule has 0 aliphatic rings. The summed E-state index contributed by atoms with van der Waals surface area (Å²) in [6, 6.07) is 4.72. The minimum atomic E-state index is -1.00. The number of carboxylic acid groups (broad SMARTS) is 1. The van der Waals surface area contributed by atoms with E-state index in [0.29, 0.717) is 0 Å². The van der Waals surface area contributed by atoms with Gasteiger partial charge in [0.05, 0.1) is 23.2 Å². The number of hydrogen-bond acceptors (Lipinski definition) is 3. The van der Waals surface area contributed by atoms with Gasteiger partial charge in [0, 0.05) is 6.54 Å². The monoisotopic (exact) mass is 293 g/mol. The summed E-state index contributed by atoms with van der Waals surface area (Å²) in [6.07, 6.45) is 0. The van der Waals surface area contributed by atoms with Crippen molar-refractivity contribution in [3.63, 3.8) is 0 Å². The number of hydrogen-bond donors (Lipinski definition) is 3. The van der Waals surface area contributed by atoms with E-state index in [0.717, 1.165) is 6.07 Å². The number of aliphatic carboxylic acids is 1. The highest BCUT2D eigenvalue weighted by Crippen LogP contribution is 2.15. The Morgan fingerprint density at radius 2 is 2.10 bits per heavy atom. The first-order valence-corrected chi connectivity index (χ1v) is 6.32. The Bertz CT molecular complexity index is 581. The lowest BCUT2D eigenvalue weighted by atomic mass is 9.96. The number of nitriles is 1. The molecule has 1 aromatic carbocycles. The average Bonchev–Trinajstić information content (AvgIpc) is 2.40. The highest BCUT2D eigenvalue weighted by molar-refractivity contribution is 5.89. The van der Waals surface area contributed by atoms with Gasteiger partial charge < -0.3 is 15.7 Å². The number of carboxylic acids is 1. The van der Waals surface area contributed by atoms with Gasteiger partial charge in [0.15, 0.2) is 0 Å². The van der Waals surface area contributed by atoms with Crippen LogP contribution in [0.2, 0.25) is 0 Å². The highest BCUT2D eigenvalue weighted by Gasteiger charge is 2.22. The Balaban J connectivity index is 2.62. The van der Waals surface area contributed by atoms with Crippen molar-refractivity contribution < 1.29 is 19.1 Å². The van der Waals surface area contributed by atoms with Crippen molar-refractivity contribution in [2.24, 2.45) is 11.8 Å². The summed E-state index contributed by atoms with van der Waals surface area (Å²) in [5.74, 6) is -2.60. The third-order valence-electron chi connectivity index (χ3n) is 2.95. The zero-order valence-electron chi connectivity index (χ0n) is 11.7. The fraction of sp³-hybridized carbons (Fsp3) is 0.357. The Hall–Kier alpha value is -2.62. The predicted octanol–water partition coefficient (Wildman–Crippen LogP) is 2.18. The number of benzene rings is 1. The molecule has 1 rings (SSSR count). The summed E-state index contributed by atoms with van der Waals surface area (Å²) < 4.78 is 13.6. The number of rotatable bonds is 5. The van der Waals surface area contributed by atoms with E-state index in [2.05, 4.69) is 10.6 Å². The van der Waals surface area contributed by atoms with Crippen molar-refractivity contribution in [1.29, 1.82) is 5.26 Å².